The maximum atomic E-state index is 12.3. The average Bonchev–Trinajstić information content (AvgIpc) is 2.36. The molecule has 0 spiro atoms. The zero-order chi connectivity index (χ0) is 14.5. The summed E-state index contributed by atoms with van der Waals surface area (Å²) in [5.74, 6) is 0.219. The van der Waals surface area contributed by atoms with E-state index in [9.17, 15) is 8.78 Å². The van der Waals surface area contributed by atoms with Crippen LogP contribution in [0.1, 0.15) is 13.8 Å². The van der Waals surface area contributed by atoms with E-state index in [1.54, 1.807) is 12.1 Å². The van der Waals surface area contributed by atoms with Crippen LogP contribution < -0.4 is 14.8 Å². The molecule has 0 aliphatic carbocycles. The molecule has 1 aromatic rings. The first-order chi connectivity index (χ1) is 8.88. The van der Waals surface area contributed by atoms with Gasteiger partial charge in [-0.15, -0.1) is 0 Å². The molecule has 4 nitrogen and oxygen atoms in total. The number of halogens is 2. The van der Waals surface area contributed by atoms with Crippen molar-refractivity contribution in [2.24, 2.45) is 5.41 Å². The Balaban J connectivity index is 2.80. The van der Waals surface area contributed by atoms with Gasteiger partial charge >= 0.3 is 6.61 Å². The molecule has 0 fully saturated rings. The highest BCUT2D eigenvalue weighted by Gasteiger charge is 2.17. The lowest BCUT2D eigenvalue weighted by atomic mass is 9.95. The lowest BCUT2D eigenvalue weighted by Gasteiger charge is -2.23. The second kappa shape index (κ2) is 6.56. The molecule has 0 radical (unpaired) electrons. The second-order valence-electron chi connectivity index (χ2n) is 4.92. The summed E-state index contributed by atoms with van der Waals surface area (Å²) in [6.07, 6.45) is 0. The number of rotatable bonds is 7. The van der Waals surface area contributed by atoms with E-state index in [0.29, 0.717) is 12.2 Å². The van der Waals surface area contributed by atoms with Crippen LogP contribution in [0.15, 0.2) is 18.2 Å². The van der Waals surface area contributed by atoms with Crippen molar-refractivity contribution >= 4 is 5.69 Å². The topological polar surface area (TPSA) is 50.7 Å². The molecule has 0 saturated carbocycles. The molecule has 0 aliphatic rings. The van der Waals surface area contributed by atoms with Crippen LogP contribution in [0.3, 0.4) is 0 Å². The van der Waals surface area contributed by atoms with Gasteiger partial charge in [-0.1, -0.05) is 13.8 Å². The van der Waals surface area contributed by atoms with E-state index in [1.165, 1.54) is 13.2 Å². The lowest BCUT2D eigenvalue weighted by Crippen LogP contribution is -2.26. The SMILES string of the molecule is COc1ccc(NCC(C)(C)CO)cc1OC(F)F. The van der Waals surface area contributed by atoms with Crippen LogP contribution >= 0.6 is 0 Å². The van der Waals surface area contributed by atoms with Gasteiger partial charge in [0.15, 0.2) is 11.5 Å². The van der Waals surface area contributed by atoms with Crippen molar-refractivity contribution in [1.82, 2.24) is 0 Å². The molecule has 0 aromatic heterocycles. The second-order valence-corrected chi connectivity index (χ2v) is 4.92. The summed E-state index contributed by atoms with van der Waals surface area (Å²) in [5, 5.41) is 12.2. The Hall–Kier alpha value is -1.56. The molecule has 0 saturated heterocycles. The van der Waals surface area contributed by atoms with Gasteiger partial charge in [0.1, 0.15) is 0 Å². The molecule has 0 bridgehead atoms. The van der Waals surface area contributed by atoms with Gasteiger partial charge in [0.2, 0.25) is 0 Å². The largest absolute Gasteiger partial charge is 0.493 e. The average molecular weight is 275 g/mol. The van der Waals surface area contributed by atoms with Crippen LogP contribution in [0.5, 0.6) is 11.5 Å². The summed E-state index contributed by atoms with van der Waals surface area (Å²) in [7, 11) is 1.38. The van der Waals surface area contributed by atoms with Crippen LogP contribution in [0.25, 0.3) is 0 Å². The van der Waals surface area contributed by atoms with Crippen molar-refractivity contribution in [1.29, 1.82) is 0 Å². The first kappa shape index (κ1) is 15.5. The first-order valence-corrected chi connectivity index (χ1v) is 5.85. The molecule has 0 heterocycles. The number of methoxy groups -OCH3 is 1. The number of aliphatic hydroxyl groups excluding tert-OH is 1. The summed E-state index contributed by atoms with van der Waals surface area (Å²) < 4.78 is 33.9. The van der Waals surface area contributed by atoms with Crippen molar-refractivity contribution in [3.63, 3.8) is 0 Å². The van der Waals surface area contributed by atoms with Gasteiger partial charge < -0.3 is 19.9 Å². The van der Waals surface area contributed by atoms with E-state index >= 15 is 0 Å². The fraction of sp³-hybridized carbons (Fsp3) is 0.538. The first-order valence-electron chi connectivity index (χ1n) is 5.85. The molecule has 0 atom stereocenters. The van der Waals surface area contributed by atoms with Gasteiger partial charge in [0.05, 0.1) is 7.11 Å². The minimum Gasteiger partial charge on any atom is -0.493 e. The molecule has 0 aliphatic heterocycles. The molecule has 108 valence electrons. The van der Waals surface area contributed by atoms with Crippen molar-refractivity contribution < 1.29 is 23.4 Å². The summed E-state index contributed by atoms with van der Waals surface area (Å²) in [5.41, 5.74) is 0.321. The van der Waals surface area contributed by atoms with Gasteiger partial charge in [0, 0.05) is 30.3 Å². The molecular formula is C13H19F2NO3. The molecule has 1 rings (SSSR count). The van der Waals surface area contributed by atoms with E-state index in [2.05, 4.69) is 10.1 Å². The number of hydrogen-bond donors (Lipinski definition) is 2. The van der Waals surface area contributed by atoms with Crippen molar-refractivity contribution in [2.75, 3.05) is 25.6 Å². The zero-order valence-corrected chi connectivity index (χ0v) is 11.2. The molecule has 0 unspecified atom stereocenters. The Bertz CT molecular complexity index is 411. The maximum Gasteiger partial charge on any atom is 0.387 e. The van der Waals surface area contributed by atoms with E-state index in [0.717, 1.165) is 0 Å². The highest BCUT2D eigenvalue weighted by Crippen LogP contribution is 2.31. The van der Waals surface area contributed by atoms with Crippen molar-refractivity contribution in [3.05, 3.63) is 18.2 Å². The number of hydrogen-bond acceptors (Lipinski definition) is 4. The number of ether oxygens (including phenoxy) is 2. The maximum absolute atomic E-state index is 12.3. The molecule has 6 heteroatoms. The highest BCUT2D eigenvalue weighted by atomic mass is 19.3. The van der Waals surface area contributed by atoms with Gasteiger partial charge in [0.25, 0.3) is 0 Å². The fourth-order valence-corrected chi connectivity index (χ4v) is 1.37. The Labute approximate surface area is 111 Å². The van der Waals surface area contributed by atoms with Crippen molar-refractivity contribution in [3.8, 4) is 11.5 Å². The van der Waals surface area contributed by atoms with E-state index in [4.69, 9.17) is 9.84 Å². The monoisotopic (exact) mass is 275 g/mol. The summed E-state index contributed by atoms with van der Waals surface area (Å²) in [6.45, 7) is 1.40. The van der Waals surface area contributed by atoms with Crippen LogP contribution in [0.2, 0.25) is 0 Å². The van der Waals surface area contributed by atoms with Crippen LogP contribution in [-0.2, 0) is 0 Å². The lowest BCUT2D eigenvalue weighted by molar-refractivity contribution is -0.0511. The predicted molar refractivity (Wildman–Crippen MR) is 69.0 cm³/mol. The van der Waals surface area contributed by atoms with Gasteiger partial charge in [-0.25, -0.2) is 0 Å². The highest BCUT2D eigenvalue weighted by molar-refractivity contribution is 5.54. The van der Waals surface area contributed by atoms with E-state index < -0.39 is 6.61 Å². The molecular weight excluding hydrogens is 256 g/mol. The van der Waals surface area contributed by atoms with Gasteiger partial charge in [-0.3, -0.25) is 0 Å². The number of benzene rings is 1. The standard InChI is InChI=1S/C13H19F2NO3/c1-13(2,8-17)7-16-9-4-5-10(18-3)11(6-9)19-12(14)15/h4-6,12,16-17H,7-8H2,1-3H3. The summed E-state index contributed by atoms with van der Waals surface area (Å²) in [6, 6.07) is 4.69. The number of alkyl halides is 2. The normalized spacial score (nSPS) is 11.5. The Morgan fingerprint density at radius 2 is 2.00 bits per heavy atom. The smallest absolute Gasteiger partial charge is 0.387 e. The minimum absolute atomic E-state index is 0.0238. The quantitative estimate of drug-likeness (QED) is 0.803. The minimum atomic E-state index is -2.90. The van der Waals surface area contributed by atoms with Crippen LogP contribution in [-0.4, -0.2) is 32.0 Å². The van der Waals surface area contributed by atoms with Gasteiger partial charge in [-0.05, 0) is 12.1 Å². The van der Waals surface area contributed by atoms with Crippen LogP contribution in [0, 0.1) is 5.41 Å². The third-order valence-electron chi connectivity index (χ3n) is 2.58. The van der Waals surface area contributed by atoms with E-state index in [1.807, 2.05) is 13.8 Å². The van der Waals surface area contributed by atoms with Gasteiger partial charge in [-0.2, -0.15) is 8.78 Å². The summed E-state index contributed by atoms with van der Waals surface area (Å²) in [4.78, 5) is 0. The molecule has 1 aromatic carbocycles. The predicted octanol–water partition coefficient (Wildman–Crippen LogP) is 2.73. The Kier molecular flexibility index (Phi) is 5.35. The Morgan fingerprint density at radius 3 is 2.53 bits per heavy atom. The Morgan fingerprint density at radius 1 is 1.32 bits per heavy atom. The third kappa shape index (κ3) is 4.90. The number of anilines is 1. The van der Waals surface area contributed by atoms with Crippen molar-refractivity contribution in [2.45, 2.75) is 20.5 Å². The van der Waals surface area contributed by atoms with Crippen LogP contribution in [0.4, 0.5) is 14.5 Å². The number of nitrogens with one attached hydrogen (secondary N) is 1. The molecule has 19 heavy (non-hydrogen) atoms. The molecule has 0 amide bonds. The van der Waals surface area contributed by atoms with E-state index in [-0.39, 0.29) is 23.5 Å². The zero-order valence-electron chi connectivity index (χ0n) is 11.2. The number of aliphatic hydroxyl groups is 1. The summed E-state index contributed by atoms with van der Waals surface area (Å²) >= 11 is 0. The molecule has 2 N–H and O–H groups in total. The fourth-order valence-electron chi connectivity index (χ4n) is 1.37. The third-order valence-corrected chi connectivity index (χ3v) is 2.58.